The summed E-state index contributed by atoms with van der Waals surface area (Å²) >= 11 is 0. The van der Waals surface area contributed by atoms with Gasteiger partial charge in [0, 0.05) is 18.9 Å². The fraction of sp³-hybridized carbons (Fsp3) is 0.556. The fourth-order valence-corrected chi connectivity index (χ4v) is 1.17. The van der Waals surface area contributed by atoms with Crippen LogP contribution in [0.1, 0.15) is 26.7 Å². The maximum atomic E-state index is 2.26. The van der Waals surface area contributed by atoms with E-state index in [1.165, 1.54) is 12.8 Å². The minimum Gasteiger partial charge on any atom is -0.0805 e. The van der Waals surface area contributed by atoms with E-state index in [-0.39, 0.29) is 18.9 Å². The van der Waals surface area contributed by atoms with E-state index in [0.717, 1.165) is 5.92 Å². The van der Waals surface area contributed by atoms with Gasteiger partial charge in [-0.25, -0.2) is 0 Å². The van der Waals surface area contributed by atoms with E-state index >= 15 is 0 Å². The van der Waals surface area contributed by atoms with Crippen molar-refractivity contribution in [1.82, 2.24) is 0 Å². The Hall–Kier alpha value is 0.0774. The van der Waals surface area contributed by atoms with Gasteiger partial charge in [-0.2, -0.15) is 0 Å². The number of hydrogen-bond acceptors (Lipinski definition) is 0. The Morgan fingerprint density at radius 2 is 2.20 bits per heavy atom. The molecule has 0 N–H and O–H groups in total. The molecule has 1 rings (SSSR count). The molecule has 0 fully saturated rings. The van der Waals surface area contributed by atoms with Gasteiger partial charge < -0.3 is 0 Å². The molecule has 0 saturated heterocycles. The Kier molecular flexibility index (Phi) is 4.86. The van der Waals surface area contributed by atoms with Gasteiger partial charge >= 0.3 is 0 Å². The number of hydrogen-bond donors (Lipinski definition) is 0. The van der Waals surface area contributed by atoms with Crippen LogP contribution >= 0.6 is 0 Å². The molecule has 1 heteroatoms. The maximum Gasteiger partial charge on any atom is 0 e. The molecule has 0 saturated carbocycles. The first-order chi connectivity index (χ1) is 4.29. The molecule has 0 aromatic carbocycles. The SMILES string of the molecule is CC(C)CC1=CC=CC1.[Li]. The molecule has 0 unspecified atom stereocenters. The van der Waals surface area contributed by atoms with Gasteiger partial charge in [-0.05, 0) is 18.8 Å². The molecule has 0 heterocycles. The molecule has 0 amide bonds. The first-order valence-electron chi connectivity index (χ1n) is 3.63. The normalized spacial score (nSPS) is 15.3. The minimum absolute atomic E-state index is 0. The van der Waals surface area contributed by atoms with Crippen molar-refractivity contribution in [1.29, 1.82) is 0 Å². The zero-order valence-electron chi connectivity index (χ0n) is 7.22. The summed E-state index contributed by atoms with van der Waals surface area (Å²) in [5, 5.41) is 0. The second-order valence-electron chi connectivity index (χ2n) is 3.06. The monoisotopic (exact) mass is 129 g/mol. The summed E-state index contributed by atoms with van der Waals surface area (Å²) in [6.07, 6.45) is 9.07. The molecule has 0 spiro atoms. The molecule has 0 nitrogen and oxygen atoms in total. The predicted octanol–water partition coefficient (Wildman–Crippen LogP) is 2.54. The van der Waals surface area contributed by atoms with Crippen LogP contribution in [0.2, 0.25) is 0 Å². The van der Waals surface area contributed by atoms with Gasteiger partial charge in [-0.15, -0.1) is 0 Å². The summed E-state index contributed by atoms with van der Waals surface area (Å²) in [5.41, 5.74) is 1.59. The largest absolute Gasteiger partial charge is 0.0805 e. The zero-order valence-corrected chi connectivity index (χ0v) is 7.22. The van der Waals surface area contributed by atoms with Crippen molar-refractivity contribution in [3.63, 3.8) is 0 Å². The van der Waals surface area contributed by atoms with Gasteiger partial charge in [0.2, 0.25) is 0 Å². The Balaban J connectivity index is 0.000000810. The van der Waals surface area contributed by atoms with Crippen molar-refractivity contribution >= 4 is 18.9 Å². The van der Waals surface area contributed by atoms with Crippen LogP contribution in [0.3, 0.4) is 0 Å². The Morgan fingerprint density at radius 1 is 1.50 bits per heavy atom. The molecule has 10 heavy (non-hydrogen) atoms. The van der Waals surface area contributed by atoms with E-state index in [1.807, 2.05) is 0 Å². The van der Waals surface area contributed by atoms with E-state index in [9.17, 15) is 0 Å². The van der Waals surface area contributed by atoms with Gasteiger partial charge in [0.1, 0.15) is 0 Å². The van der Waals surface area contributed by atoms with Crippen molar-refractivity contribution in [2.24, 2.45) is 5.92 Å². The first-order valence-corrected chi connectivity index (χ1v) is 3.63. The van der Waals surface area contributed by atoms with Crippen LogP contribution in [0.25, 0.3) is 0 Å². The van der Waals surface area contributed by atoms with E-state index in [4.69, 9.17) is 0 Å². The third-order valence-corrected chi connectivity index (χ3v) is 1.52. The maximum absolute atomic E-state index is 2.26. The molecule has 0 aliphatic heterocycles. The van der Waals surface area contributed by atoms with Crippen LogP contribution in [0.4, 0.5) is 0 Å². The molecule has 51 valence electrons. The molecular formula is C9H14Li. The smallest absolute Gasteiger partial charge is 0 e. The molecule has 0 aromatic heterocycles. The Morgan fingerprint density at radius 3 is 2.60 bits per heavy atom. The van der Waals surface area contributed by atoms with E-state index in [2.05, 4.69) is 32.1 Å². The Labute approximate surface area is 75.6 Å². The molecule has 1 radical (unpaired) electrons. The van der Waals surface area contributed by atoms with Crippen molar-refractivity contribution in [2.45, 2.75) is 26.7 Å². The average Bonchev–Trinajstić information content (AvgIpc) is 2.15. The third kappa shape index (κ3) is 3.30. The third-order valence-electron chi connectivity index (χ3n) is 1.52. The van der Waals surface area contributed by atoms with Crippen LogP contribution in [0, 0.1) is 5.92 Å². The quantitative estimate of drug-likeness (QED) is 0.502. The Bertz CT molecular complexity index is 143. The van der Waals surface area contributed by atoms with Gasteiger partial charge in [-0.1, -0.05) is 37.6 Å². The first kappa shape index (κ1) is 10.1. The standard InChI is InChI=1S/C9H14.Li/c1-8(2)7-9-5-3-4-6-9;/h3-5,8H,6-7H2,1-2H3;. The van der Waals surface area contributed by atoms with E-state index in [1.54, 1.807) is 5.57 Å². The van der Waals surface area contributed by atoms with Crippen molar-refractivity contribution in [3.8, 4) is 0 Å². The molecule has 1 aliphatic rings. The van der Waals surface area contributed by atoms with Crippen LogP contribution < -0.4 is 0 Å². The van der Waals surface area contributed by atoms with Crippen LogP contribution in [0.15, 0.2) is 23.8 Å². The molecule has 1 aliphatic carbocycles. The summed E-state index contributed by atoms with van der Waals surface area (Å²) in [7, 11) is 0. The zero-order chi connectivity index (χ0) is 6.69. The minimum atomic E-state index is 0. The predicted molar refractivity (Wildman–Crippen MR) is 47.0 cm³/mol. The van der Waals surface area contributed by atoms with Crippen molar-refractivity contribution in [2.75, 3.05) is 0 Å². The summed E-state index contributed by atoms with van der Waals surface area (Å²) < 4.78 is 0. The summed E-state index contributed by atoms with van der Waals surface area (Å²) in [4.78, 5) is 0. The van der Waals surface area contributed by atoms with Crippen LogP contribution in [-0.2, 0) is 0 Å². The van der Waals surface area contributed by atoms with Crippen molar-refractivity contribution < 1.29 is 0 Å². The fourth-order valence-electron chi connectivity index (χ4n) is 1.17. The van der Waals surface area contributed by atoms with Gasteiger partial charge in [0.15, 0.2) is 0 Å². The molecule has 0 aromatic rings. The molecule has 0 bridgehead atoms. The van der Waals surface area contributed by atoms with Crippen molar-refractivity contribution in [3.05, 3.63) is 23.8 Å². The second-order valence-corrected chi connectivity index (χ2v) is 3.06. The van der Waals surface area contributed by atoms with E-state index in [0.29, 0.717) is 0 Å². The number of rotatable bonds is 2. The van der Waals surface area contributed by atoms with Crippen LogP contribution in [0.5, 0.6) is 0 Å². The van der Waals surface area contributed by atoms with Crippen LogP contribution in [-0.4, -0.2) is 18.9 Å². The topological polar surface area (TPSA) is 0 Å². The number of allylic oxidation sites excluding steroid dienone is 4. The van der Waals surface area contributed by atoms with Gasteiger partial charge in [0.25, 0.3) is 0 Å². The molecule has 0 atom stereocenters. The second kappa shape index (κ2) is 4.83. The molecular weight excluding hydrogens is 115 g/mol. The van der Waals surface area contributed by atoms with Gasteiger partial charge in [-0.3, -0.25) is 0 Å². The summed E-state index contributed by atoms with van der Waals surface area (Å²) in [6.45, 7) is 4.53. The summed E-state index contributed by atoms with van der Waals surface area (Å²) in [5.74, 6) is 0.816. The summed E-state index contributed by atoms with van der Waals surface area (Å²) in [6, 6.07) is 0. The average molecular weight is 129 g/mol. The van der Waals surface area contributed by atoms with Gasteiger partial charge in [0.05, 0.1) is 0 Å². The van der Waals surface area contributed by atoms with E-state index < -0.39 is 0 Å².